The molecule has 1 aromatic rings. The zero-order valence-corrected chi connectivity index (χ0v) is 19.9. The maximum absolute atomic E-state index is 12.9. The van der Waals surface area contributed by atoms with Crippen LogP contribution in [0.5, 0.6) is 0 Å². The molecule has 1 N–H and O–H groups in total. The van der Waals surface area contributed by atoms with Gasteiger partial charge in [-0.3, -0.25) is 4.79 Å². The van der Waals surface area contributed by atoms with E-state index in [-0.39, 0.29) is 23.0 Å². The van der Waals surface area contributed by atoms with Crippen molar-refractivity contribution in [3.05, 3.63) is 29.8 Å². The van der Waals surface area contributed by atoms with Crippen LogP contribution in [0.15, 0.2) is 29.2 Å². The Morgan fingerprint density at radius 1 is 1.10 bits per heavy atom. The van der Waals surface area contributed by atoms with Crippen LogP contribution in [-0.2, 0) is 14.8 Å². The highest BCUT2D eigenvalue weighted by Gasteiger charge is 2.32. The number of nitrogens with zero attached hydrogens (tertiary/aromatic N) is 2. The van der Waals surface area contributed by atoms with E-state index in [1.165, 1.54) is 48.5 Å². The summed E-state index contributed by atoms with van der Waals surface area (Å²) in [5.74, 6) is -0.169. The van der Waals surface area contributed by atoms with Crippen molar-refractivity contribution in [2.24, 2.45) is 0 Å². The van der Waals surface area contributed by atoms with Crippen molar-refractivity contribution in [1.82, 2.24) is 14.5 Å². The summed E-state index contributed by atoms with van der Waals surface area (Å²) in [5.41, 5.74) is 0.475. The van der Waals surface area contributed by atoms with Gasteiger partial charge in [0.15, 0.2) is 0 Å². The van der Waals surface area contributed by atoms with Gasteiger partial charge in [-0.2, -0.15) is 4.31 Å². The highest BCUT2D eigenvalue weighted by molar-refractivity contribution is 7.89. The standard InChI is InChI=1S/C23H37N3O4S/c1-18-16-26(17-19(2)30-18)31(28,29)22-12-10-20(11-13-22)23(27)24-14-7-15-25(3)21-8-5-4-6-9-21/h10-13,18-19,21H,4-9,14-17H2,1-3H3,(H,24,27). The van der Waals surface area contributed by atoms with Gasteiger partial charge in [0.25, 0.3) is 5.91 Å². The number of nitrogens with one attached hydrogen (secondary N) is 1. The molecule has 8 heteroatoms. The monoisotopic (exact) mass is 451 g/mol. The third-order valence-electron chi connectivity index (χ3n) is 6.31. The van der Waals surface area contributed by atoms with Gasteiger partial charge in [-0.05, 0) is 71.0 Å². The molecule has 0 bridgehead atoms. The minimum Gasteiger partial charge on any atom is -0.373 e. The summed E-state index contributed by atoms with van der Waals surface area (Å²) in [7, 11) is -1.42. The minimum atomic E-state index is -3.60. The van der Waals surface area contributed by atoms with Crippen LogP contribution >= 0.6 is 0 Å². The molecular weight excluding hydrogens is 414 g/mol. The van der Waals surface area contributed by atoms with Gasteiger partial charge in [0.1, 0.15) is 0 Å². The van der Waals surface area contributed by atoms with Crippen molar-refractivity contribution in [3.8, 4) is 0 Å². The number of benzene rings is 1. The average Bonchev–Trinajstić information content (AvgIpc) is 2.76. The zero-order chi connectivity index (χ0) is 22.4. The molecule has 1 saturated carbocycles. The van der Waals surface area contributed by atoms with Crippen LogP contribution in [0, 0.1) is 0 Å². The molecule has 2 fully saturated rings. The van der Waals surface area contributed by atoms with Gasteiger partial charge in [-0.1, -0.05) is 19.3 Å². The van der Waals surface area contributed by atoms with Gasteiger partial charge < -0.3 is 15.0 Å². The van der Waals surface area contributed by atoms with E-state index in [4.69, 9.17) is 4.74 Å². The molecule has 1 heterocycles. The van der Waals surface area contributed by atoms with Crippen molar-refractivity contribution < 1.29 is 17.9 Å². The first-order valence-corrected chi connectivity index (χ1v) is 13.0. The van der Waals surface area contributed by atoms with Crippen molar-refractivity contribution in [1.29, 1.82) is 0 Å². The lowest BCUT2D eigenvalue weighted by Gasteiger charge is -2.34. The predicted octanol–water partition coefficient (Wildman–Crippen LogP) is 2.87. The number of sulfonamides is 1. The molecule has 174 valence electrons. The fraction of sp³-hybridized carbons (Fsp3) is 0.696. The third kappa shape index (κ3) is 6.51. The van der Waals surface area contributed by atoms with Gasteiger partial charge >= 0.3 is 0 Å². The molecule has 2 unspecified atom stereocenters. The Labute approximate surface area is 187 Å². The molecule has 0 radical (unpaired) electrons. The van der Waals surface area contributed by atoms with Crippen molar-refractivity contribution in [3.63, 3.8) is 0 Å². The Hall–Kier alpha value is -1.48. The molecule has 0 spiro atoms. The van der Waals surface area contributed by atoms with Crippen molar-refractivity contribution >= 4 is 15.9 Å². The number of morpholine rings is 1. The summed E-state index contributed by atoms with van der Waals surface area (Å²) in [6.45, 7) is 6.00. The lowest BCUT2D eigenvalue weighted by molar-refractivity contribution is -0.0440. The Morgan fingerprint density at radius 3 is 2.32 bits per heavy atom. The van der Waals surface area contributed by atoms with E-state index in [0.717, 1.165) is 13.0 Å². The van der Waals surface area contributed by atoms with E-state index < -0.39 is 10.0 Å². The number of ether oxygens (including phenoxy) is 1. The lowest BCUT2D eigenvalue weighted by Crippen LogP contribution is -2.48. The lowest BCUT2D eigenvalue weighted by atomic mass is 9.94. The van der Waals surface area contributed by atoms with E-state index in [9.17, 15) is 13.2 Å². The molecule has 1 aliphatic heterocycles. The first kappa shape index (κ1) is 24.2. The molecule has 31 heavy (non-hydrogen) atoms. The average molecular weight is 452 g/mol. The van der Waals surface area contributed by atoms with Gasteiger partial charge in [0.2, 0.25) is 10.0 Å². The normalized spacial score (nSPS) is 23.7. The minimum absolute atomic E-state index is 0.138. The first-order chi connectivity index (χ1) is 14.8. The Bertz CT molecular complexity index is 812. The quantitative estimate of drug-likeness (QED) is 0.615. The maximum Gasteiger partial charge on any atom is 0.251 e. The van der Waals surface area contributed by atoms with Gasteiger partial charge in [-0.25, -0.2) is 8.42 Å². The van der Waals surface area contributed by atoms with E-state index in [0.29, 0.717) is 31.2 Å². The summed E-state index contributed by atoms with van der Waals surface area (Å²) in [6, 6.07) is 6.89. The Morgan fingerprint density at radius 2 is 1.71 bits per heavy atom. The second-order valence-electron chi connectivity index (χ2n) is 8.99. The second-order valence-corrected chi connectivity index (χ2v) is 10.9. The molecular formula is C23H37N3O4S. The molecule has 1 saturated heterocycles. The van der Waals surface area contributed by atoms with Crippen molar-refractivity contribution in [2.75, 3.05) is 33.2 Å². The van der Waals surface area contributed by atoms with Crippen LogP contribution in [0.1, 0.15) is 62.7 Å². The summed E-state index contributed by atoms with van der Waals surface area (Å²) >= 11 is 0. The molecule has 2 aliphatic rings. The number of hydrogen-bond acceptors (Lipinski definition) is 5. The number of hydrogen-bond donors (Lipinski definition) is 1. The zero-order valence-electron chi connectivity index (χ0n) is 19.0. The Balaban J connectivity index is 1.48. The molecule has 2 atom stereocenters. The van der Waals surface area contributed by atoms with Crippen molar-refractivity contribution in [2.45, 2.75) is 75.5 Å². The SMILES string of the molecule is CC1CN(S(=O)(=O)c2ccc(C(=O)NCCCN(C)C3CCCCC3)cc2)CC(C)O1. The smallest absolute Gasteiger partial charge is 0.251 e. The van der Waals surface area contributed by atoms with Crippen LogP contribution in [0.3, 0.4) is 0 Å². The Kier molecular flexibility index (Phi) is 8.50. The first-order valence-electron chi connectivity index (χ1n) is 11.5. The number of carbonyl (C=O) groups excluding carboxylic acids is 1. The van der Waals surface area contributed by atoms with E-state index in [1.54, 1.807) is 12.1 Å². The number of amides is 1. The van der Waals surface area contributed by atoms with Gasteiger partial charge in [0, 0.05) is 31.2 Å². The van der Waals surface area contributed by atoms with E-state index in [1.807, 2.05) is 13.8 Å². The molecule has 7 nitrogen and oxygen atoms in total. The van der Waals surface area contributed by atoms with Gasteiger partial charge in [0.05, 0.1) is 17.1 Å². The largest absolute Gasteiger partial charge is 0.373 e. The van der Waals surface area contributed by atoms with E-state index in [2.05, 4.69) is 17.3 Å². The summed E-state index contributed by atoms with van der Waals surface area (Å²) in [5, 5.41) is 2.95. The summed E-state index contributed by atoms with van der Waals surface area (Å²) < 4.78 is 33.0. The maximum atomic E-state index is 12.9. The summed E-state index contributed by atoms with van der Waals surface area (Å²) in [4.78, 5) is 15.1. The highest BCUT2D eigenvalue weighted by atomic mass is 32.2. The van der Waals surface area contributed by atoms with Crippen LogP contribution in [0.2, 0.25) is 0 Å². The van der Waals surface area contributed by atoms with Gasteiger partial charge in [-0.15, -0.1) is 0 Å². The van der Waals surface area contributed by atoms with E-state index >= 15 is 0 Å². The number of rotatable bonds is 8. The van der Waals surface area contributed by atoms with Crippen LogP contribution in [0.25, 0.3) is 0 Å². The molecule has 0 aromatic heterocycles. The molecule has 1 aromatic carbocycles. The van der Waals surface area contributed by atoms with Crippen LogP contribution in [0.4, 0.5) is 0 Å². The number of carbonyl (C=O) groups is 1. The summed E-state index contributed by atoms with van der Waals surface area (Å²) in [6.07, 6.45) is 7.17. The second kappa shape index (κ2) is 10.9. The topological polar surface area (TPSA) is 79.0 Å². The molecule has 3 rings (SSSR count). The molecule has 1 aliphatic carbocycles. The fourth-order valence-corrected chi connectivity index (χ4v) is 6.18. The highest BCUT2D eigenvalue weighted by Crippen LogP contribution is 2.22. The van der Waals surface area contributed by atoms with Crippen LogP contribution in [-0.4, -0.2) is 75.0 Å². The fourth-order valence-electron chi connectivity index (χ4n) is 4.59. The molecule has 1 amide bonds. The van der Waals surface area contributed by atoms with Crippen LogP contribution < -0.4 is 5.32 Å². The predicted molar refractivity (Wildman–Crippen MR) is 122 cm³/mol. The third-order valence-corrected chi connectivity index (χ3v) is 8.16.